The maximum absolute atomic E-state index is 12.4. The van der Waals surface area contributed by atoms with Crippen LogP contribution < -0.4 is 5.32 Å². The highest BCUT2D eigenvalue weighted by atomic mass is 16.5. The van der Waals surface area contributed by atoms with Gasteiger partial charge in [0.2, 0.25) is 0 Å². The van der Waals surface area contributed by atoms with Crippen LogP contribution >= 0.6 is 0 Å². The van der Waals surface area contributed by atoms with E-state index in [0.29, 0.717) is 12.2 Å². The van der Waals surface area contributed by atoms with Crippen LogP contribution in [0.15, 0.2) is 36.5 Å². The van der Waals surface area contributed by atoms with Crippen molar-refractivity contribution in [2.24, 2.45) is 0 Å². The second-order valence-electron chi connectivity index (χ2n) is 6.49. The van der Waals surface area contributed by atoms with Crippen LogP contribution in [0.3, 0.4) is 0 Å². The number of para-hydroxylation sites is 1. The first kappa shape index (κ1) is 13.7. The fraction of sp³-hybridized carbons (Fsp3) is 0.444. The number of fused-ring (bicyclic) bond motifs is 1. The average Bonchev–Trinajstić information content (AvgIpc) is 3.17. The quantitative estimate of drug-likeness (QED) is 0.926. The van der Waals surface area contributed by atoms with Crippen molar-refractivity contribution < 1.29 is 9.53 Å². The predicted octanol–water partition coefficient (Wildman–Crippen LogP) is 3.07. The Morgan fingerprint density at radius 2 is 2.09 bits per heavy atom. The Hall–Kier alpha value is -1.94. The summed E-state index contributed by atoms with van der Waals surface area (Å²) < 4.78 is 5.99. The topological polar surface area (TPSA) is 51.2 Å². The lowest BCUT2D eigenvalue weighted by molar-refractivity contribution is 0.00988. The van der Waals surface area contributed by atoms with E-state index < -0.39 is 0 Å². The van der Waals surface area contributed by atoms with Gasteiger partial charge in [-0.05, 0) is 31.4 Å². The molecular formula is C18H20N2O2. The molecule has 1 N–H and O–H groups in total. The predicted molar refractivity (Wildman–Crippen MR) is 84.8 cm³/mol. The van der Waals surface area contributed by atoms with E-state index in [2.05, 4.69) is 10.3 Å². The number of hydrogen-bond donors (Lipinski definition) is 1. The summed E-state index contributed by atoms with van der Waals surface area (Å²) >= 11 is 0. The minimum absolute atomic E-state index is 0.0413. The number of rotatable bonds is 2. The first-order valence-electron chi connectivity index (χ1n) is 8.04. The van der Waals surface area contributed by atoms with Crippen molar-refractivity contribution in [3.05, 3.63) is 42.1 Å². The van der Waals surface area contributed by atoms with Crippen LogP contribution in [0.4, 0.5) is 0 Å². The highest BCUT2D eigenvalue weighted by molar-refractivity contribution is 5.97. The zero-order valence-electron chi connectivity index (χ0n) is 12.5. The van der Waals surface area contributed by atoms with E-state index in [1.165, 1.54) is 12.8 Å². The molecule has 114 valence electrons. The molecule has 2 aromatic rings. The Morgan fingerprint density at radius 3 is 2.95 bits per heavy atom. The molecule has 2 heterocycles. The van der Waals surface area contributed by atoms with Crippen molar-refractivity contribution in [2.45, 2.75) is 43.7 Å². The summed E-state index contributed by atoms with van der Waals surface area (Å²) in [6, 6.07) is 9.86. The van der Waals surface area contributed by atoms with Gasteiger partial charge in [-0.25, -0.2) is 0 Å². The molecule has 4 nitrogen and oxygen atoms in total. The summed E-state index contributed by atoms with van der Waals surface area (Å²) in [5.41, 5.74) is 1.57. The molecule has 1 saturated carbocycles. The third-order valence-corrected chi connectivity index (χ3v) is 4.91. The van der Waals surface area contributed by atoms with Crippen molar-refractivity contribution in [3.63, 3.8) is 0 Å². The highest BCUT2D eigenvalue weighted by Gasteiger charge is 2.42. The molecule has 2 fully saturated rings. The molecule has 0 bridgehead atoms. The molecule has 0 unspecified atom stereocenters. The largest absolute Gasteiger partial charge is 0.373 e. The fourth-order valence-electron chi connectivity index (χ4n) is 3.77. The van der Waals surface area contributed by atoms with Crippen LogP contribution in [0.25, 0.3) is 10.9 Å². The van der Waals surface area contributed by atoms with Crippen molar-refractivity contribution in [3.8, 4) is 0 Å². The summed E-state index contributed by atoms with van der Waals surface area (Å²) in [6.07, 6.45) is 7.36. The van der Waals surface area contributed by atoms with Gasteiger partial charge < -0.3 is 10.1 Å². The first-order chi connectivity index (χ1) is 10.7. The average molecular weight is 296 g/mol. The lowest BCUT2D eigenvalue weighted by Gasteiger charge is -2.21. The summed E-state index contributed by atoms with van der Waals surface area (Å²) in [6.45, 7) is 0.632. The van der Waals surface area contributed by atoms with E-state index in [4.69, 9.17) is 4.74 Å². The number of amides is 1. The van der Waals surface area contributed by atoms with E-state index in [9.17, 15) is 4.79 Å². The Kier molecular flexibility index (Phi) is 3.34. The molecule has 1 aliphatic heterocycles. The highest BCUT2D eigenvalue weighted by Crippen LogP contribution is 2.40. The van der Waals surface area contributed by atoms with Gasteiger partial charge in [-0.15, -0.1) is 0 Å². The van der Waals surface area contributed by atoms with Crippen LogP contribution in [0.5, 0.6) is 0 Å². The summed E-state index contributed by atoms with van der Waals surface area (Å²) in [5, 5.41) is 4.10. The van der Waals surface area contributed by atoms with E-state index in [0.717, 1.165) is 30.2 Å². The van der Waals surface area contributed by atoms with Crippen molar-refractivity contribution in [1.29, 1.82) is 0 Å². The number of nitrogens with one attached hydrogen (secondary N) is 1. The van der Waals surface area contributed by atoms with Crippen LogP contribution in [-0.4, -0.2) is 29.1 Å². The van der Waals surface area contributed by atoms with Crippen molar-refractivity contribution in [1.82, 2.24) is 10.3 Å². The van der Waals surface area contributed by atoms with Crippen LogP contribution in [0, 0.1) is 0 Å². The minimum Gasteiger partial charge on any atom is -0.373 e. The van der Waals surface area contributed by atoms with Gasteiger partial charge in [0.15, 0.2) is 0 Å². The zero-order valence-corrected chi connectivity index (χ0v) is 12.5. The van der Waals surface area contributed by atoms with Gasteiger partial charge in [0.25, 0.3) is 5.91 Å². The van der Waals surface area contributed by atoms with Gasteiger partial charge in [-0.2, -0.15) is 0 Å². The Labute approximate surface area is 129 Å². The molecule has 1 saturated heterocycles. The molecule has 1 aromatic heterocycles. The first-order valence-corrected chi connectivity index (χ1v) is 8.04. The monoisotopic (exact) mass is 296 g/mol. The molecule has 0 radical (unpaired) electrons. The number of benzene rings is 1. The van der Waals surface area contributed by atoms with E-state index >= 15 is 0 Å². The molecule has 1 atom stereocenters. The smallest absolute Gasteiger partial charge is 0.253 e. The molecule has 4 heteroatoms. The molecule has 22 heavy (non-hydrogen) atoms. The van der Waals surface area contributed by atoms with Gasteiger partial charge in [0.1, 0.15) is 0 Å². The van der Waals surface area contributed by atoms with E-state index in [1.807, 2.05) is 30.3 Å². The zero-order chi connectivity index (χ0) is 15.0. The normalized spacial score (nSPS) is 23.2. The number of ether oxygens (including phenoxy) is 1. The van der Waals surface area contributed by atoms with Gasteiger partial charge in [0, 0.05) is 11.6 Å². The van der Waals surface area contributed by atoms with E-state index in [-0.39, 0.29) is 17.6 Å². The Balaban J connectivity index is 1.47. The number of carbonyl (C=O) groups is 1. The minimum atomic E-state index is -0.0538. The Morgan fingerprint density at radius 1 is 1.27 bits per heavy atom. The van der Waals surface area contributed by atoms with Gasteiger partial charge in [0.05, 0.1) is 29.3 Å². The summed E-state index contributed by atoms with van der Waals surface area (Å²) in [4.78, 5) is 16.8. The third-order valence-electron chi connectivity index (χ3n) is 4.91. The number of hydrogen-bond acceptors (Lipinski definition) is 3. The molecule has 4 rings (SSSR count). The number of pyridine rings is 1. The second kappa shape index (κ2) is 5.36. The lowest BCUT2D eigenvalue weighted by Crippen LogP contribution is -2.36. The molecule has 1 aromatic carbocycles. The van der Waals surface area contributed by atoms with Crippen molar-refractivity contribution >= 4 is 16.8 Å². The molecule has 2 aliphatic rings. The van der Waals surface area contributed by atoms with Gasteiger partial charge >= 0.3 is 0 Å². The second-order valence-corrected chi connectivity index (χ2v) is 6.49. The standard InChI is InChI=1S/C18H20N2O2/c21-17(14-9-13-5-1-2-6-16(13)19-11-14)20-15-10-18(22-12-15)7-3-4-8-18/h1-2,5-6,9,11,15H,3-4,7-8,10,12H2,(H,20,21)/t15-/m0/s1. The van der Waals surface area contributed by atoms with Crippen LogP contribution in [-0.2, 0) is 4.74 Å². The SMILES string of the molecule is O=C(N[C@@H]1COC2(CCCC2)C1)c1cnc2ccccc2c1. The number of nitrogens with zero attached hydrogens (tertiary/aromatic N) is 1. The maximum Gasteiger partial charge on any atom is 0.253 e. The van der Waals surface area contributed by atoms with Crippen LogP contribution in [0.1, 0.15) is 42.5 Å². The van der Waals surface area contributed by atoms with Crippen LogP contribution in [0.2, 0.25) is 0 Å². The number of aromatic nitrogens is 1. The fourth-order valence-corrected chi connectivity index (χ4v) is 3.77. The lowest BCUT2D eigenvalue weighted by atomic mass is 9.96. The van der Waals surface area contributed by atoms with Gasteiger partial charge in [-0.3, -0.25) is 9.78 Å². The molecular weight excluding hydrogens is 276 g/mol. The van der Waals surface area contributed by atoms with Gasteiger partial charge in [-0.1, -0.05) is 31.0 Å². The van der Waals surface area contributed by atoms with Crippen molar-refractivity contribution in [2.75, 3.05) is 6.61 Å². The maximum atomic E-state index is 12.4. The Bertz CT molecular complexity index is 707. The van der Waals surface area contributed by atoms with E-state index in [1.54, 1.807) is 6.20 Å². The third kappa shape index (κ3) is 2.48. The summed E-state index contributed by atoms with van der Waals surface area (Å²) in [7, 11) is 0. The molecule has 1 aliphatic carbocycles. The number of carbonyl (C=O) groups excluding carboxylic acids is 1. The summed E-state index contributed by atoms with van der Waals surface area (Å²) in [5.74, 6) is -0.0538. The molecule has 1 spiro atoms. The molecule has 1 amide bonds.